The van der Waals surface area contributed by atoms with Gasteiger partial charge in [0.1, 0.15) is 12.1 Å². The van der Waals surface area contributed by atoms with Gasteiger partial charge in [-0.25, -0.2) is 15.0 Å². The molecule has 0 fully saturated rings. The largest absolute Gasteiger partial charge is 0.324 e. The van der Waals surface area contributed by atoms with Crippen LogP contribution in [0.2, 0.25) is 5.02 Å². The summed E-state index contributed by atoms with van der Waals surface area (Å²) in [6.45, 7) is 0. The molecule has 1 N–H and O–H groups in total. The van der Waals surface area contributed by atoms with Crippen molar-refractivity contribution < 1.29 is 0 Å². The van der Waals surface area contributed by atoms with E-state index in [-0.39, 0.29) is 0 Å². The van der Waals surface area contributed by atoms with Crippen LogP contribution in [-0.2, 0) is 0 Å². The van der Waals surface area contributed by atoms with Crippen molar-refractivity contribution in [2.75, 3.05) is 5.32 Å². The Morgan fingerprint density at radius 3 is 2.74 bits per heavy atom. The van der Waals surface area contributed by atoms with Gasteiger partial charge in [0, 0.05) is 18.6 Å². The number of nitrogens with zero attached hydrogens (tertiary/aromatic N) is 4. The van der Waals surface area contributed by atoms with Gasteiger partial charge in [-0.2, -0.15) is 0 Å². The molecule has 6 heteroatoms. The Kier molecular flexibility index (Phi) is 3.12. The molecule has 94 valence electrons. The van der Waals surface area contributed by atoms with E-state index in [1.165, 1.54) is 6.33 Å². The highest BCUT2D eigenvalue weighted by Gasteiger charge is 2.07. The van der Waals surface area contributed by atoms with Crippen LogP contribution in [0.5, 0.6) is 0 Å². The fraction of sp³-hybridized carbons (Fsp3) is 0. The van der Waals surface area contributed by atoms with Crippen LogP contribution in [0.15, 0.2) is 55.2 Å². The first-order valence-corrected chi connectivity index (χ1v) is 6.04. The van der Waals surface area contributed by atoms with E-state index in [2.05, 4.69) is 20.3 Å². The van der Waals surface area contributed by atoms with Crippen LogP contribution in [0, 0.1) is 0 Å². The maximum Gasteiger partial charge on any atom is 0.213 e. The van der Waals surface area contributed by atoms with Gasteiger partial charge in [0.2, 0.25) is 5.95 Å². The highest BCUT2D eigenvalue weighted by atomic mass is 35.5. The monoisotopic (exact) mass is 271 g/mol. The minimum Gasteiger partial charge on any atom is -0.324 e. The molecule has 0 bridgehead atoms. The van der Waals surface area contributed by atoms with Crippen LogP contribution in [0.1, 0.15) is 0 Å². The molecule has 19 heavy (non-hydrogen) atoms. The Bertz CT molecular complexity index is 680. The first-order valence-electron chi connectivity index (χ1n) is 5.66. The van der Waals surface area contributed by atoms with Gasteiger partial charge in [0.25, 0.3) is 0 Å². The van der Waals surface area contributed by atoms with Gasteiger partial charge in [0.05, 0.1) is 10.7 Å². The lowest BCUT2D eigenvalue weighted by molar-refractivity contribution is 0.978. The number of nitrogens with one attached hydrogen (secondary N) is 1. The standard InChI is InChI=1S/C13H10ClN5/c14-10-3-1-2-4-11(10)18-13-16-7-8-19(13)12-5-6-15-9-17-12/h1-9H,(H,16,18). The van der Waals surface area contributed by atoms with Crippen molar-refractivity contribution >= 4 is 23.2 Å². The third kappa shape index (κ3) is 2.41. The molecule has 0 aliphatic heterocycles. The van der Waals surface area contributed by atoms with Gasteiger partial charge in [-0.3, -0.25) is 4.57 Å². The Morgan fingerprint density at radius 1 is 1.05 bits per heavy atom. The second-order valence-electron chi connectivity index (χ2n) is 3.79. The molecule has 0 saturated carbocycles. The SMILES string of the molecule is Clc1ccccc1Nc1nccn1-c1ccncn1. The van der Waals surface area contributed by atoms with Gasteiger partial charge in [-0.05, 0) is 18.2 Å². The Balaban J connectivity index is 1.96. The smallest absolute Gasteiger partial charge is 0.213 e. The van der Waals surface area contributed by atoms with Gasteiger partial charge >= 0.3 is 0 Å². The third-order valence-electron chi connectivity index (χ3n) is 2.57. The molecule has 0 unspecified atom stereocenters. The summed E-state index contributed by atoms with van der Waals surface area (Å²) in [5, 5.41) is 3.82. The number of hydrogen-bond donors (Lipinski definition) is 1. The average molecular weight is 272 g/mol. The fourth-order valence-corrected chi connectivity index (χ4v) is 1.87. The molecule has 0 atom stereocenters. The van der Waals surface area contributed by atoms with Crippen molar-refractivity contribution in [3.8, 4) is 5.82 Å². The van der Waals surface area contributed by atoms with Gasteiger partial charge in [-0.15, -0.1) is 0 Å². The first kappa shape index (κ1) is 11.7. The summed E-state index contributed by atoms with van der Waals surface area (Å²) < 4.78 is 1.82. The van der Waals surface area contributed by atoms with Crippen LogP contribution >= 0.6 is 11.6 Å². The van der Waals surface area contributed by atoms with Crippen LogP contribution < -0.4 is 5.32 Å². The molecule has 0 spiro atoms. The number of halogens is 1. The van der Waals surface area contributed by atoms with Crippen molar-refractivity contribution in [3.05, 3.63) is 60.3 Å². The second kappa shape index (κ2) is 5.07. The third-order valence-corrected chi connectivity index (χ3v) is 2.90. The van der Waals surface area contributed by atoms with Gasteiger partial charge in [-0.1, -0.05) is 23.7 Å². The summed E-state index contributed by atoms with van der Waals surface area (Å²) in [7, 11) is 0. The zero-order valence-corrected chi connectivity index (χ0v) is 10.6. The van der Waals surface area contributed by atoms with E-state index in [1.807, 2.05) is 35.0 Å². The van der Waals surface area contributed by atoms with Crippen molar-refractivity contribution in [1.29, 1.82) is 0 Å². The van der Waals surface area contributed by atoms with Gasteiger partial charge in [0.15, 0.2) is 0 Å². The Hall–Kier alpha value is -2.40. The molecule has 0 aliphatic carbocycles. The summed E-state index contributed by atoms with van der Waals surface area (Å²) in [5.41, 5.74) is 0.797. The molecule has 3 aromatic rings. The number of hydrogen-bond acceptors (Lipinski definition) is 4. The number of benzene rings is 1. The Morgan fingerprint density at radius 2 is 1.95 bits per heavy atom. The number of anilines is 2. The van der Waals surface area contributed by atoms with Gasteiger partial charge < -0.3 is 5.32 Å². The number of rotatable bonds is 3. The van der Waals surface area contributed by atoms with E-state index in [4.69, 9.17) is 11.6 Å². The minimum absolute atomic E-state index is 0.639. The normalized spacial score (nSPS) is 10.4. The molecule has 0 saturated heterocycles. The summed E-state index contributed by atoms with van der Waals surface area (Å²) >= 11 is 6.11. The molecule has 5 nitrogen and oxygen atoms in total. The molecule has 0 radical (unpaired) electrons. The quantitative estimate of drug-likeness (QED) is 0.795. The van der Waals surface area contributed by atoms with E-state index >= 15 is 0 Å². The predicted octanol–water partition coefficient (Wildman–Crippen LogP) is 3.06. The molecule has 2 aromatic heterocycles. The summed E-state index contributed by atoms with van der Waals surface area (Å²) in [6, 6.07) is 9.30. The fourth-order valence-electron chi connectivity index (χ4n) is 1.69. The highest BCUT2D eigenvalue weighted by molar-refractivity contribution is 6.33. The lowest BCUT2D eigenvalue weighted by atomic mass is 10.3. The average Bonchev–Trinajstić information content (AvgIpc) is 2.91. The molecule has 3 rings (SSSR count). The highest BCUT2D eigenvalue weighted by Crippen LogP contribution is 2.24. The predicted molar refractivity (Wildman–Crippen MR) is 73.9 cm³/mol. The van der Waals surface area contributed by atoms with Crippen LogP contribution in [0.4, 0.5) is 11.6 Å². The topological polar surface area (TPSA) is 55.6 Å². The first-order chi connectivity index (χ1) is 9.34. The van der Waals surface area contributed by atoms with Crippen molar-refractivity contribution in [3.63, 3.8) is 0 Å². The number of imidazole rings is 1. The van der Waals surface area contributed by atoms with E-state index in [0.29, 0.717) is 11.0 Å². The molecule has 2 heterocycles. The minimum atomic E-state index is 0.639. The lowest BCUT2D eigenvalue weighted by Crippen LogP contribution is -2.03. The van der Waals surface area contributed by atoms with Crippen molar-refractivity contribution in [2.24, 2.45) is 0 Å². The molecule has 0 amide bonds. The summed E-state index contributed by atoms with van der Waals surface area (Å²) in [5.74, 6) is 1.38. The summed E-state index contributed by atoms with van der Waals surface area (Å²) in [6.07, 6.45) is 6.69. The van der Waals surface area contributed by atoms with E-state index < -0.39 is 0 Å². The Labute approximate surface area is 114 Å². The van der Waals surface area contributed by atoms with E-state index in [9.17, 15) is 0 Å². The molecule has 1 aromatic carbocycles. The van der Waals surface area contributed by atoms with E-state index in [1.54, 1.807) is 18.5 Å². The molecular formula is C13H10ClN5. The van der Waals surface area contributed by atoms with Crippen LogP contribution in [0.25, 0.3) is 5.82 Å². The van der Waals surface area contributed by atoms with Crippen molar-refractivity contribution in [1.82, 2.24) is 19.5 Å². The summed E-state index contributed by atoms with van der Waals surface area (Å²) in [4.78, 5) is 12.3. The van der Waals surface area contributed by atoms with Crippen LogP contribution in [0.3, 0.4) is 0 Å². The second-order valence-corrected chi connectivity index (χ2v) is 4.20. The number of para-hydroxylation sites is 1. The number of aromatic nitrogens is 4. The molecular weight excluding hydrogens is 262 g/mol. The zero-order chi connectivity index (χ0) is 13.1. The van der Waals surface area contributed by atoms with E-state index in [0.717, 1.165) is 11.5 Å². The maximum atomic E-state index is 6.11. The maximum absolute atomic E-state index is 6.11. The zero-order valence-electron chi connectivity index (χ0n) is 9.86. The van der Waals surface area contributed by atoms with Crippen molar-refractivity contribution in [2.45, 2.75) is 0 Å². The van der Waals surface area contributed by atoms with Crippen LogP contribution in [-0.4, -0.2) is 19.5 Å². The molecule has 0 aliphatic rings. The lowest BCUT2D eigenvalue weighted by Gasteiger charge is -2.09.